The maximum Gasteiger partial charge on any atom is 0.335 e. The van der Waals surface area contributed by atoms with E-state index < -0.39 is 5.97 Å². The number of carboxylic acid groups (broad SMARTS) is 1. The Balaban J connectivity index is 1.71. The zero-order valence-electron chi connectivity index (χ0n) is 13.9. The van der Waals surface area contributed by atoms with E-state index in [0.29, 0.717) is 22.5 Å². The number of carbonyl (C=O) groups is 2. The Morgan fingerprint density at radius 3 is 2.22 bits per heavy atom. The number of amides is 2. The second kappa shape index (κ2) is 7.92. The van der Waals surface area contributed by atoms with Gasteiger partial charge in [0, 0.05) is 15.7 Å². The van der Waals surface area contributed by atoms with Crippen LogP contribution < -0.4 is 10.6 Å². The molecule has 3 aromatic carbocycles. The van der Waals surface area contributed by atoms with Crippen molar-refractivity contribution in [2.45, 2.75) is 0 Å². The highest BCUT2D eigenvalue weighted by molar-refractivity contribution is 9.10. The van der Waals surface area contributed by atoms with Crippen LogP contribution in [-0.2, 0) is 0 Å². The second-order valence-corrected chi connectivity index (χ2v) is 6.53. The lowest BCUT2D eigenvalue weighted by Crippen LogP contribution is -2.19. The first-order valence-electron chi connectivity index (χ1n) is 7.93. The third-order valence-corrected chi connectivity index (χ3v) is 4.51. The SMILES string of the molecule is O=C(Nc1ccc(-c2ccc(C(=O)O)cc2O)cc1)Nc1ccccc1Br. The van der Waals surface area contributed by atoms with Gasteiger partial charge in [-0.15, -0.1) is 0 Å². The molecule has 3 aromatic rings. The Morgan fingerprint density at radius 1 is 0.889 bits per heavy atom. The van der Waals surface area contributed by atoms with Crippen LogP contribution in [-0.4, -0.2) is 22.2 Å². The van der Waals surface area contributed by atoms with Gasteiger partial charge in [0.1, 0.15) is 5.75 Å². The summed E-state index contributed by atoms with van der Waals surface area (Å²) in [6.45, 7) is 0. The monoisotopic (exact) mass is 426 g/mol. The van der Waals surface area contributed by atoms with Gasteiger partial charge in [0.05, 0.1) is 11.3 Å². The number of carbonyl (C=O) groups excluding carboxylic acids is 1. The van der Waals surface area contributed by atoms with Crippen LogP contribution in [0.4, 0.5) is 16.2 Å². The van der Waals surface area contributed by atoms with Gasteiger partial charge >= 0.3 is 12.0 Å². The van der Waals surface area contributed by atoms with E-state index in [1.54, 1.807) is 36.4 Å². The highest BCUT2D eigenvalue weighted by Gasteiger charge is 2.10. The van der Waals surface area contributed by atoms with E-state index in [0.717, 1.165) is 4.47 Å². The smallest absolute Gasteiger partial charge is 0.335 e. The molecule has 136 valence electrons. The molecule has 0 spiro atoms. The number of urea groups is 1. The van der Waals surface area contributed by atoms with Crippen LogP contribution in [0.25, 0.3) is 11.1 Å². The lowest BCUT2D eigenvalue weighted by atomic mass is 10.0. The molecule has 4 N–H and O–H groups in total. The average molecular weight is 427 g/mol. The Morgan fingerprint density at radius 2 is 1.59 bits per heavy atom. The van der Waals surface area contributed by atoms with Crippen molar-refractivity contribution >= 4 is 39.3 Å². The molecule has 6 nitrogen and oxygen atoms in total. The fraction of sp³-hybridized carbons (Fsp3) is 0. The first-order chi connectivity index (χ1) is 12.9. The van der Waals surface area contributed by atoms with Gasteiger partial charge in [0.2, 0.25) is 0 Å². The van der Waals surface area contributed by atoms with E-state index in [-0.39, 0.29) is 17.3 Å². The largest absolute Gasteiger partial charge is 0.507 e. The highest BCUT2D eigenvalue weighted by Crippen LogP contribution is 2.31. The van der Waals surface area contributed by atoms with E-state index in [9.17, 15) is 14.7 Å². The third-order valence-electron chi connectivity index (χ3n) is 3.82. The maximum atomic E-state index is 12.1. The number of aromatic carboxylic acids is 1. The number of aromatic hydroxyl groups is 1. The summed E-state index contributed by atoms with van der Waals surface area (Å²) >= 11 is 3.36. The minimum absolute atomic E-state index is 0.0123. The highest BCUT2D eigenvalue weighted by atomic mass is 79.9. The number of phenols is 1. The van der Waals surface area contributed by atoms with Gasteiger partial charge in [0.15, 0.2) is 0 Å². The minimum Gasteiger partial charge on any atom is -0.507 e. The van der Waals surface area contributed by atoms with Crippen molar-refractivity contribution in [2.24, 2.45) is 0 Å². The molecular weight excluding hydrogens is 412 g/mol. The van der Waals surface area contributed by atoms with Crippen molar-refractivity contribution in [3.8, 4) is 16.9 Å². The molecule has 0 aliphatic rings. The summed E-state index contributed by atoms with van der Waals surface area (Å²) in [5.74, 6) is -1.23. The molecule has 0 bridgehead atoms. The zero-order valence-corrected chi connectivity index (χ0v) is 15.5. The van der Waals surface area contributed by atoms with Crippen LogP contribution in [0.15, 0.2) is 71.2 Å². The predicted octanol–water partition coefficient (Wildman–Crippen LogP) is 5.16. The van der Waals surface area contributed by atoms with Crippen LogP contribution in [0.3, 0.4) is 0 Å². The fourth-order valence-corrected chi connectivity index (χ4v) is 2.87. The Bertz CT molecular complexity index is 1000. The molecule has 0 saturated carbocycles. The van der Waals surface area contributed by atoms with Crippen molar-refractivity contribution in [3.63, 3.8) is 0 Å². The summed E-state index contributed by atoms with van der Waals surface area (Å²) in [5.41, 5.74) is 2.43. The predicted molar refractivity (Wildman–Crippen MR) is 107 cm³/mol. The van der Waals surface area contributed by atoms with Gasteiger partial charge in [0.25, 0.3) is 0 Å². The fourth-order valence-electron chi connectivity index (χ4n) is 2.49. The molecule has 0 unspecified atom stereocenters. The number of para-hydroxylation sites is 1. The van der Waals surface area contributed by atoms with E-state index >= 15 is 0 Å². The van der Waals surface area contributed by atoms with Crippen molar-refractivity contribution in [3.05, 3.63) is 76.8 Å². The molecule has 0 fully saturated rings. The zero-order chi connectivity index (χ0) is 19.4. The van der Waals surface area contributed by atoms with E-state index in [4.69, 9.17) is 5.11 Å². The molecule has 2 amide bonds. The Labute approximate surface area is 163 Å². The summed E-state index contributed by atoms with van der Waals surface area (Å²) in [7, 11) is 0. The molecule has 0 radical (unpaired) electrons. The quantitative estimate of drug-likeness (QED) is 0.462. The van der Waals surface area contributed by atoms with Crippen LogP contribution >= 0.6 is 15.9 Å². The topological polar surface area (TPSA) is 98.7 Å². The first kappa shape index (κ1) is 18.5. The summed E-state index contributed by atoms with van der Waals surface area (Å²) < 4.78 is 0.774. The average Bonchev–Trinajstić information content (AvgIpc) is 2.64. The van der Waals surface area contributed by atoms with E-state index in [2.05, 4.69) is 26.6 Å². The number of rotatable bonds is 4. The maximum absolute atomic E-state index is 12.1. The van der Waals surface area contributed by atoms with Crippen LogP contribution in [0.1, 0.15) is 10.4 Å². The van der Waals surface area contributed by atoms with Crippen molar-refractivity contribution < 1.29 is 19.8 Å². The lowest BCUT2D eigenvalue weighted by Gasteiger charge is -2.10. The molecule has 0 atom stereocenters. The van der Waals surface area contributed by atoms with E-state index in [1.165, 1.54) is 12.1 Å². The number of carboxylic acids is 1. The normalized spacial score (nSPS) is 10.3. The van der Waals surface area contributed by atoms with Gasteiger partial charge in [-0.2, -0.15) is 0 Å². The van der Waals surface area contributed by atoms with E-state index in [1.807, 2.05) is 18.2 Å². The summed E-state index contributed by atoms with van der Waals surface area (Å²) in [5, 5.41) is 24.5. The standard InChI is InChI=1S/C20H15BrN2O4/c21-16-3-1-2-4-17(16)23-20(27)22-14-8-5-12(6-9-14)15-10-7-13(19(25)26)11-18(15)24/h1-11,24H,(H,25,26)(H2,22,23,27). The molecule has 0 aliphatic heterocycles. The lowest BCUT2D eigenvalue weighted by molar-refractivity contribution is 0.0696. The molecule has 7 heteroatoms. The van der Waals surface area contributed by atoms with Crippen LogP contribution in [0.5, 0.6) is 5.75 Å². The molecule has 0 heterocycles. The minimum atomic E-state index is -1.10. The molecular formula is C20H15BrN2O4. The number of halogens is 1. The second-order valence-electron chi connectivity index (χ2n) is 5.67. The van der Waals surface area contributed by atoms with Crippen molar-refractivity contribution in [2.75, 3.05) is 10.6 Å². The first-order valence-corrected chi connectivity index (χ1v) is 8.72. The molecule has 0 saturated heterocycles. The summed E-state index contributed by atoms with van der Waals surface area (Å²) in [4.78, 5) is 23.0. The van der Waals surface area contributed by atoms with Crippen molar-refractivity contribution in [1.82, 2.24) is 0 Å². The van der Waals surface area contributed by atoms with Gasteiger partial charge < -0.3 is 20.8 Å². The molecule has 27 heavy (non-hydrogen) atoms. The van der Waals surface area contributed by atoms with Gasteiger partial charge in [-0.25, -0.2) is 9.59 Å². The van der Waals surface area contributed by atoms with Crippen molar-refractivity contribution in [1.29, 1.82) is 0 Å². The number of hydrogen-bond acceptors (Lipinski definition) is 3. The number of hydrogen-bond donors (Lipinski definition) is 4. The molecule has 0 aliphatic carbocycles. The van der Waals surface area contributed by atoms with Gasteiger partial charge in [-0.05, 0) is 64.0 Å². The summed E-state index contributed by atoms with van der Waals surface area (Å²) in [6.07, 6.45) is 0. The Kier molecular flexibility index (Phi) is 5.42. The van der Waals surface area contributed by atoms with Gasteiger partial charge in [-0.3, -0.25) is 0 Å². The van der Waals surface area contributed by atoms with Gasteiger partial charge in [-0.1, -0.05) is 24.3 Å². The van der Waals surface area contributed by atoms with Crippen LogP contribution in [0, 0.1) is 0 Å². The third kappa shape index (κ3) is 4.45. The number of anilines is 2. The number of phenolic OH excluding ortho intramolecular Hbond substituents is 1. The van der Waals surface area contributed by atoms with Crippen LogP contribution in [0.2, 0.25) is 0 Å². The molecule has 0 aromatic heterocycles. The number of nitrogens with one attached hydrogen (secondary N) is 2. The summed E-state index contributed by atoms with van der Waals surface area (Å²) in [6, 6.07) is 17.9. The Hall–Kier alpha value is -3.32. The molecule has 3 rings (SSSR count). The number of benzene rings is 3.